The van der Waals surface area contributed by atoms with E-state index >= 15 is 0 Å². The summed E-state index contributed by atoms with van der Waals surface area (Å²) in [5.74, 6) is -2.01. The second kappa shape index (κ2) is 2.69. The van der Waals surface area contributed by atoms with E-state index in [0.717, 1.165) is 24.7 Å². The fraction of sp³-hybridized carbons (Fsp3) is 0.400. The highest BCUT2D eigenvalue weighted by Gasteiger charge is 2.26. The van der Waals surface area contributed by atoms with E-state index in [-0.39, 0.29) is 5.56 Å². The molecule has 1 heterocycles. The van der Waals surface area contributed by atoms with Crippen LogP contribution in [0.3, 0.4) is 0 Å². The molecule has 0 bridgehead atoms. The first kappa shape index (κ1) is 8.48. The Morgan fingerprint density at radius 3 is 2.85 bits per heavy atom. The van der Waals surface area contributed by atoms with Crippen LogP contribution in [0, 0.1) is 0 Å². The summed E-state index contributed by atoms with van der Waals surface area (Å²) < 4.78 is 31.0. The second-order valence-electron chi connectivity index (χ2n) is 3.31. The van der Waals surface area contributed by atoms with Crippen molar-refractivity contribution in [2.45, 2.75) is 19.3 Å². The molecule has 0 unspecified atom stereocenters. The molecular formula is C10H10F2O. The highest BCUT2D eigenvalue weighted by atomic mass is 19.3. The van der Waals surface area contributed by atoms with Crippen LogP contribution < -0.4 is 4.74 Å². The quantitative estimate of drug-likeness (QED) is 0.652. The predicted octanol–water partition coefficient (Wildman–Crippen LogP) is 2.73. The van der Waals surface area contributed by atoms with Gasteiger partial charge in [-0.15, -0.1) is 0 Å². The average molecular weight is 184 g/mol. The molecule has 0 saturated heterocycles. The molecule has 0 aliphatic carbocycles. The Hall–Kier alpha value is -1.12. The largest absolute Gasteiger partial charge is 0.493 e. The molecule has 1 nitrogen and oxygen atoms in total. The number of ether oxygens (including phenoxy) is 1. The number of benzene rings is 1. The molecule has 2 rings (SSSR count). The van der Waals surface area contributed by atoms with Gasteiger partial charge in [0.1, 0.15) is 5.75 Å². The maximum Gasteiger partial charge on any atom is 0.270 e. The van der Waals surface area contributed by atoms with E-state index in [0.29, 0.717) is 6.61 Å². The molecular weight excluding hydrogens is 174 g/mol. The van der Waals surface area contributed by atoms with E-state index in [1.165, 1.54) is 12.1 Å². The van der Waals surface area contributed by atoms with Crippen molar-refractivity contribution >= 4 is 0 Å². The number of fused-ring (bicyclic) bond motifs is 1. The van der Waals surface area contributed by atoms with Gasteiger partial charge in [-0.3, -0.25) is 0 Å². The summed E-state index contributed by atoms with van der Waals surface area (Å²) in [5, 5.41) is 0. The lowest BCUT2D eigenvalue weighted by molar-refractivity contribution is 0.0174. The van der Waals surface area contributed by atoms with Crippen molar-refractivity contribution in [1.82, 2.24) is 0 Å². The topological polar surface area (TPSA) is 9.23 Å². The van der Waals surface area contributed by atoms with Gasteiger partial charge in [0, 0.05) is 18.9 Å². The summed E-state index contributed by atoms with van der Waals surface area (Å²) in [6.45, 7) is 1.51. The van der Waals surface area contributed by atoms with Crippen molar-refractivity contribution in [1.29, 1.82) is 0 Å². The Kier molecular flexibility index (Phi) is 1.75. The summed E-state index contributed by atoms with van der Waals surface area (Å²) in [5.41, 5.74) is 0.954. The fourth-order valence-corrected chi connectivity index (χ4v) is 1.46. The van der Waals surface area contributed by atoms with Crippen LogP contribution in [0.1, 0.15) is 18.1 Å². The van der Waals surface area contributed by atoms with Crippen LogP contribution in [0.2, 0.25) is 0 Å². The first-order chi connectivity index (χ1) is 6.07. The smallest absolute Gasteiger partial charge is 0.270 e. The maximum atomic E-state index is 12.9. The van der Waals surface area contributed by atoms with E-state index in [9.17, 15) is 8.78 Å². The second-order valence-corrected chi connectivity index (χ2v) is 3.31. The van der Waals surface area contributed by atoms with Gasteiger partial charge in [-0.05, 0) is 23.8 Å². The van der Waals surface area contributed by atoms with Crippen LogP contribution in [0.15, 0.2) is 18.2 Å². The normalized spacial score (nSPS) is 15.3. The molecule has 0 atom stereocenters. The minimum absolute atomic E-state index is 0.0664. The minimum atomic E-state index is -2.75. The molecule has 3 heteroatoms. The lowest BCUT2D eigenvalue weighted by atomic mass is 10.0. The van der Waals surface area contributed by atoms with Gasteiger partial charge in [0.25, 0.3) is 5.92 Å². The lowest BCUT2D eigenvalue weighted by Gasteiger charge is -2.11. The fourth-order valence-electron chi connectivity index (χ4n) is 1.46. The first-order valence-corrected chi connectivity index (χ1v) is 4.21. The third kappa shape index (κ3) is 1.50. The summed E-state index contributed by atoms with van der Waals surface area (Å²) in [4.78, 5) is 0. The molecule has 1 aromatic carbocycles. The van der Waals surface area contributed by atoms with E-state index in [1.807, 2.05) is 0 Å². The zero-order chi connectivity index (χ0) is 9.47. The Morgan fingerprint density at radius 1 is 1.38 bits per heavy atom. The van der Waals surface area contributed by atoms with E-state index in [2.05, 4.69) is 0 Å². The number of rotatable bonds is 1. The number of hydrogen-bond acceptors (Lipinski definition) is 1. The zero-order valence-corrected chi connectivity index (χ0v) is 7.31. The van der Waals surface area contributed by atoms with Crippen molar-refractivity contribution in [3.05, 3.63) is 29.3 Å². The van der Waals surface area contributed by atoms with Crippen LogP contribution in [0.4, 0.5) is 8.78 Å². The highest BCUT2D eigenvalue weighted by molar-refractivity contribution is 5.40. The molecule has 0 fully saturated rings. The summed E-state index contributed by atoms with van der Waals surface area (Å²) in [7, 11) is 0. The Morgan fingerprint density at radius 2 is 2.15 bits per heavy atom. The Bertz CT molecular complexity index is 328. The van der Waals surface area contributed by atoms with Crippen LogP contribution in [-0.4, -0.2) is 6.61 Å². The predicted molar refractivity (Wildman–Crippen MR) is 45.2 cm³/mol. The van der Waals surface area contributed by atoms with Crippen molar-refractivity contribution in [2.75, 3.05) is 6.61 Å². The van der Waals surface area contributed by atoms with E-state index in [4.69, 9.17) is 4.74 Å². The van der Waals surface area contributed by atoms with Gasteiger partial charge >= 0.3 is 0 Å². The van der Waals surface area contributed by atoms with Crippen molar-refractivity contribution in [3.8, 4) is 5.75 Å². The number of alkyl halides is 2. The van der Waals surface area contributed by atoms with Gasteiger partial charge in [0.05, 0.1) is 6.61 Å². The molecule has 0 amide bonds. The zero-order valence-electron chi connectivity index (χ0n) is 7.31. The number of halogens is 2. The van der Waals surface area contributed by atoms with Gasteiger partial charge in [0.15, 0.2) is 0 Å². The summed E-state index contributed by atoms with van der Waals surface area (Å²) >= 11 is 0. The Balaban J connectivity index is 2.42. The van der Waals surface area contributed by atoms with Gasteiger partial charge in [-0.2, -0.15) is 0 Å². The summed E-state index contributed by atoms with van der Waals surface area (Å²) in [6.07, 6.45) is 0.735. The van der Waals surface area contributed by atoms with Gasteiger partial charge < -0.3 is 4.74 Å². The summed E-state index contributed by atoms with van der Waals surface area (Å²) in [6, 6.07) is 4.57. The van der Waals surface area contributed by atoms with Crippen LogP contribution in [0.5, 0.6) is 5.75 Å². The van der Waals surface area contributed by atoms with Gasteiger partial charge in [-0.1, -0.05) is 0 Å². The number of hydrogen-bond donors (Lipinski definition) is 0. The monoisotopic (exact) mass is 184 g/mol. The van der Waals surface area contributed by atoms with Crippen molar-refractivity contribution in [2.24, 2.45) is 0 Å². The minimum Gasteiger partial charge on any atom is -0.493 e. The van der Waals surface area contributed by atoms with Gasteiger partial charge in [-0.25, -0.2) is 8.78 Å². The molecule has 1 aliphatic heterocycles. The average Bonchev–Trinajstić information content (AvgIpc) is 2.47. The third-order valence-electron chi connectivity index (χ3n) is 2.20. The molecule has 0 aromatic heterocycles. The third-order valence-corrected chi connectivity index (χ3v) is 2.20. The van der Waals surface area contributed by atoms with Crippen LogP contribution in [-0.2, 0) is 12.3 Å². The standard InChI is InChI=1S/C10H10F2O/c1-10(11,12)8-2-3-9-7(6-8)4-5-13-9/h2-3,6H,4-5H2,1H3. The van der Waals surface area contributed by atoms with E-state index < -0.39 is 5.92 Å². The molecule has 70 valence electrons. The molecule has 0 saturated carbocycles. The maximum absolute atomic E-state index is 12.9. The SMILES string of the molecule is CC(F)(F)c1ccc2c(c1)CCO2. The first-order valence-electron chi connectivity index (χ1n) is 4.21. The van der Waals surface area contributed by atoms with Crippen molar-refractivity contribution < 1.29 is 13.5 Å². The molecule has 0 radical (unpaired) electrons. The molecule has 0 spiro atoms. The molecule has 13 heavy (non-hydrogen) atoms. The highest BCUT2D eigenvalue weighted by Crippen LogP contribution is 2.33. The van der Waals surface area contributed by atoms with Gasteiger partial charge in [0.2, 0.25) is 0 Å². The van der Waals surface area contributed by atoms with E-state index in [1.54, 1.807) is 6.07 Å². The van der Waals surface area contributed by atoms with Crippen molar-refractivity contribution in [3.63, 3.8) is 0 Å². The Labute approximate surface area is 75.3 Å². The lowest BCUT2D eigenvalue weighted by Crippen LogP contribution is -2.06. The van der Waals surface area contributed by atoms with Crippen LogP contribution in [0.25, 0.3) is 0 Å². The molecule has 1 aromatic rings. The molecule has 0 N–H and O–H groups in total. The molecule has 1 aliphatic rings. The van der Waals surface area contributed by atoms with Crippen LogP contribution >= 0.6 is 0 Å².